The summed E-state index contributed by atoms with van der Waals surface area (Å²) >= 11 is 0. The smallest absolute Gasteiger partial charge is 0.407 e. The standard InChI is InChI=1S/C22H24N2O6/c1-13(21(26)27)23-20(25)19(12-29-2)24-22(28)30-11-18-16-9-5-3-7-14(16)15-8-4-6-10-17(15)18/h3-10,13,18-19H,11-12H2,1-2H3,(H,23,25)(H,24,28)(H,26,27)/t13?,19-/m0/s1. The molecule has 158 valence electrons. The van der Waals surface area contributed by atoms with E-state index in [1.54, 1.807) is 0 Å². The molecule has 8 nitrogen and oxygen atoms in total. The molecule has 2 aromatic carbocycles. The molecule has 2 atom stereocenters. The Morgan fingerprint density at radius 1 is 1.00 bits per heavy atom. The molecule has 2 amide bonds. The number of alkyl carbamates (subject to hydrolysis) is 1. The van der Waals surface area contributed by atoms with Gasteiger partial charge in [0.2, 0.25) is 5.91 Å². The molecular formula is C22H24N2O6. The molecule has 8 heteroatoms. The Kier molecular flexibility index (Phi) is 6.68. The number of fused-ring (bicyclic) bond motifs is 3. The van der Waals surface area contributed by atoms with Crippen LogP contribution in [0.15, 0.2) is 48.5 Å². The Morgan fingerprint density at radius 2 is 1.57 bits per heavy atom. The average molecular weight is 412 g/mol. The summed E-state index contributed by atoms with van der Waals surface area (Å²) in [7, 11) is 1.38. The van der Waals surface area contributed by atoms with Gasteiger partial charge in [-0.1, -0.05) is 48.5 Å². The predicted octanol–water partition coefficient (Wildman–Crippen LogP) is 2.13. The summed E-state index contributed by atoms with van der Waals surface area (Å²) in [5.74, 6) is -1.95. The van der Waals surface area contributed by atoms with Gasteiger partial charge >= 0.3 is 12.1 Å². The number of carboxylic acids is 1. The van der Waals surface area contributed by atoms with E-state index in [1.165, 1.54) is 14.0 Å². The average Bonchev–Trinajstić information content (AvgIpc) is 3.05. The van der Waals surface area contributed by atoms with Gasteiger partial charge in [-0.25, -0.2) is 4.79 Å². The summed E-state index contributed by atoms with van der Waals surface area (Å²) in [5, 5.41) is 13.7. The van der Waals surface area contributed by atoms with Gasteiger partial charge in [0.15, 0.2) is 0 Å². The third-order valence-corrected chi connectivity index (χ3v) is 5.01. The second-order valence-corrected chi connectivity index (χ2v) is 7.05. The second kappa shape index (κ2) is 9.41. The summed E-state index contributed by atoms with van der Waals surface area (Å²) in [4.78, 5) is 35.5. The lowest BCUT2D eigenvalue weighted by molar-refractivity contribution is -0.141. The first-order valence-electron chi connectivity index (χ1n) is 9.56. The van der Waals surface area contributed by atoms with Gasteiger partial charge in [0.1, 0.15) is 18.7 Å². The number of carbonyl (C=O) groups excluding carboxylic acids is 2. The molecule has 2 aromatic rings. The monoisotopic (exact) mass is 412 g/mol. The number of ether oxygens (including phenoxy) is 2. The molecule has 1 unspecified atom stereocenters. The Labute approximate surface area is 174 Å². The Hall–Kier alpha value is -3.39. The van der Waals surface area contributed by atoms with Gasteiger partial charge in [-0.2, -0.15) is 0 Å². The van der Waals surface area contributed by atoms with Gasteiger partial charge in [0, 0.05) is 13.0 Å². The van der Waals surface area contributed by atoms with Gasteiger partial charge in [-0.05, 0) is 29.2 Å². The first-order valence-corrected chi connectivity index (χ1v) is 9.56. The zero-order chi connectivity index (χ0) is 21.7. The molecule has 1 aliphatic carbocycles. The number of hydrogen-bond donors (Lipinski definition) is 3. The van der Waals surface area contributed by atoms with Gasteiger partial charge in [-0.3, -0.25) is 9.59 Å². The SMILES string of the molecule is COC[C@H](NC(=O)OCC1c2ccccc2-c2ccccc21)C(=O)NC(C)C(=O)O. The van der Waals surface area contributed by atoms with Crippen molar-refractivity contribution in [1.82, 2.24) is 10.6 Å². The number of methoxy groups -OCH3 is 1. The highest BCUT2D eigenvalue weighted by molar-refractivity contribution is 5.89. The van der Waals surface area contributed by atoms with Crippen molar-refractivity contribution in [2.45, 2.75) is 24.9 Å². The molecular weight excluding hydrogens is 388 g/mol. The minimum atomic E-state index is -1.18. The lowest BCUT2D eigenvalue weighted by Gasteiger charge is -2.20. The zero-order valence-electron chi connectivity index (χ0n) is 16.8. The molecule has 0 bridgehead atoms. The van der Waals surface area contributed by atoms with Gasteiger partial charge < -0.3 is 25.2 Å². The molecule has 0 aliphatic heterocycles. The number of carboxylic acid groups (broad SMARTS) is 1. The first kappa shape index (κ1) is 21.3. The maximum absolute atomic E-state index is 12.3. The summed E-state index contributed by atoms with van der Waals surface area (Å²) in [5.41, 5.74) is 4.38. The maximum atomic E-state index is 12.3. The van der Waals surface area contributed by atoms with E-state index in [1.807, 2.05) is 48.5 Å². The minimum absolute atomic E-state index is 0.104. The summed E-state index contributed by atoms with van der Waals surface area (Å²) in [6.07, 6.45) is -0.781. The van der Waals surface area contributed by atoms with Crippen LogP contribution in [0.25, 0.3) is 11.1 Å². The molecule has 0 radical (unpaired) electrons. The molecule has 0 saturated heterocycles. The van der Waals surface area contributed by atoms with Gasteiger partial charge in [0.25, 0.3) is 0 Å². The van der Waals surface area contributed by atoms with E-state index in [-0.39, 0.29) is 19.1 Å². The van der Waals surface area contributed by atoms with Crippen molar-refractivity contribution in [3.63, 3.8) is 0 Å². The fraction of sp³-hybridized carbons (Fsp3) is 0.318. The zero-order valence-corrected chi connectivity index (χ0v) is 16.8. The van der Waals surface area contributed by atoms with Crippen molar-refractivity contribution in [3.05, 3.63) is 59.7 Å². The Balaban J connectivity index is 1.65. The fourth-order valence-corrected chi connectivity index (χ4v) is 3.51. The van der Waals surface area contributed by atoms with Crippen molar-refractivity contribution in [3.8, 4) is 11.1 Å². The van der Waals surface area contributed by atoms with Crippen LogP contribution in [0.5, 0.6) is 0 Å². The largest absolute Gasteiger partial charge is 0.480 e. The normalized spacial score (nSPS) is 14.2. The van der Waals surface area contributed by atoms with Crippen LogP contribution >= 0.6 is 0 Å². The van der Waals surface area contributed by atoms with Gasteiger partial charge in [-0.15, -0.1) is 0 Å². The fourth-order valence-electron chi connectivity index (χ4n) is 3.51. The van der Waals surface area contributed by atoms with E-state index >= 15 is 0 Å². The third kappa shape index (κ3) is 4.60. The van der Waals surface area contributed by atoms with E-state index in [0.29, 0.717) is 0 Å². The van der Waals surface area contributed by atoms with E-state index in [4.69, 9.17) is 14.6 Å². The number of amides is 2. The van der Waals surface area contributed by atoms with Crippen LogP contribution in [0.2, 0.25) is 0 Å². The van der Waals surface area contributed by atoms with E-state index in [2.05, 4.69) is 10.6 Å². The molecule has 30 heavy (non-hydrogen) atoms. The number of rotatable bonds is 8. The highest BCUT2D eigenvalue weighted by Crippen LogP contribution is 2.44. The van der Waals surface area contributed by atoms with Crippen molar-refractivity contribution in [1.29, 1.82) is 0 Å². The van der Waals surface area contributed by atoms with Crippen LogP contribution in [0.4, 0.5) is 4.79 Å². The van der Waals surface area contributed by atoms with Crippen molar-refractivity contribution in [2.75, 3.05) is 20.3 Å². The molecule has 3 rings (SSSR count). The predicted molar refractivity (Wildman–Crippen MR) is 109 cm³/mol. The lowest BCUT2D eigenvalue weighted by atomic mass is 9.98. The van der Waals surface area contributed by atoms with Crippen LogP contribution in [-0.2, 0) is 19.1 Å². The van der Waals surface area contributed by atoms with Crippen molar-refractivity contribution in [2.24, 2.45) is 0 Å². The van der Waals surface area contributed by atoms with Crippen molar-refractivity contribution >= 4 is 18.0 Å². The van der Waals surface area contributed by atoms with Gasteiger partial charge in [0.05, 0.1) is 6.61 Å². The molecule has 0 heterocycles. The number of benzene rings is 2. The summed E-state index contributed by atoms with van der Waals surface area (Å²) < 4.78 is 10.4. The number of aliphatic carboxylic acids is 1. The molecule has 0 aromatic heterocycles. The van der Waals surface area contributed by atoms with Crippen LogP contribution in [0.1, 0.15) is 24.0 Å². The van der Waals surface area contributed by atoms with Crippen LogP contribution in [0.3, 0.4) is 0 Å². The number of carbonyl (C=O) groups is 3. The van der Waals surface area contributed by atoms with E-state index in [0.717, 1.165) is 22.3 Å². The topological polar surface area (TPSA) is 114 Å². The molecule has 3 N–H and O–H groups in total. The second-order valence-electron chi connectivity index (χ2n) is 7.05. The number of nitrogens with one attached hydrogen (secondary N) is 2. The molecule has 0 spiro atoms. The van der Waals surface area contributed by atoms with E-state index < -0.39 is 30.1 Å². The first-order chi connectivity index (χ1) is 14.4. The quantitative estimate of drug-likeness (QED) is 0.612. The van der Waals surface area contributed by atoms with Crippen LogP contribution < -0.4 is 10.6 Å². The number of hydrogen-bond acceptors (Lipinski definition) is 5. The maximum Gasteiger partial charge on any atom is 0.407 e. The lowest BCUT2D eigenvalue weighted by Crippen LogP contribution is -2.52. The van der Waals surface area contributed by atoms with Crippen LogP contribution in [0, 0.1) is 0 Å². The molecule has 0 fully saturated rings. The summed E-state index contributed by atoms with van der Waals surface area (Å²) in [6.45, 7) is 1.31. The summed E-state index contributed by atoms with van der Waals surface area (Å²) in [6, 6.07) is 13.8. The van der Waals surface area contributed by atoms with E-state index in [9.17, 15) is 14.4 Å². The Morgan fingerprint density at radius 3 is 2.10 bits per heavy atom. The minimum Gasteiger partial charge on any atom is -0.480 e. The third-order valence-electron chi connectivity index (χ3n) is 5.01. The van der Waals surface area contributed by atoms with Crippen LogP contribution in [-0.4, -0.2) is 55.5 Å². The molecule has 0 saturated carbocycles. The van der Waals surface area contributed by atoms with Crippen molar-refractivity contribution < 1.29 is 29.0 Å². The Bertz CT molecular complexity index is 899. The molecule has 1 aliphatic rings. The highest BCUT2D eigenvalue weighted by atomic mass is 16.5. The highest BCUT2D eigenvalue weighted by Gasteiger charge is 2.30.